The molecular formula is C9H21As. The molecule has 1 heteroatoms. The van der Waals surface area contributed by atoms with E-state index in [0.717, 1.165) is 0 Å². The van der Waals surface area contributed by atoms with Crippen molar-refractivity contribution in [3.63, 3.8) is 0 Å². The molecule has 0 saturated carbocycles. The molecule has 0 amide bonds. The molecule has 0 radical (unpaired) electrons. The Bertz CT molecular complexity index is 59.7. The van der Waals surface area contributed by atoms with Crippen molar-refractivity contribution in [2.75, 3.05) is 0 Å². The standard InChI is InChI=1S/C9H21As/c1-4-5-6-7-8-9-10(2)3/h4-9H2,1-3H3. The van der Waals surface area contributed by atoms with E-state index in [0.29, 0.717) is 0 Å². The Morgan fingerprint density at radius 1 is 0.900 bits per heavy atom. The van der Waals surface area contributed by atoms with Gasteiger partial charge in [0.1, 0.15) is 0 Å². The molecule has 0 rings (SSSR count). The fraction of sp³-hybridized carbons (Fsp3) is 1.00. The second-order valence-electron chi connectivity index (χ2n) is 3.22. The van der Waals surface area contributed by atoms with E-state index in [9.17, 15) is 0 Å². The molecule has 62 valence electrons. The Morgan fingerprint density at radius 2 is 1.50 bits per heavy atom. The molecule has 0 aliphatic carbocycles. The fourth-order valence-electron chi connectivity index (χ4n) is 1.03. The van der Waals surface area contributed by atoms with Crippen LogP contribution in [0.2, 0.25) is 16.6 Å². The van der Waals surface area contributed by atoms with Crippen molar-refractivity contribution < 1.29 is 0 Å². The van der Waals surface area contributed by atoms with Gasteiger partial charge in [-0.25, -0.2) is 0 Å². The molecule has 0 atom stereocenters. The Balaban J connectivity index is 2.77. The molecule has 10 heavy (non-hydrogen) atoms. The van der Waals surface area contributed by atoms with Crippen molar-refractivity contribution in [3.05, 3.63) is 0 Å². The third-order valence-corrected chi connectivity index (χ3v) is 4.25. The second kappa shape index (κ2) is 7.66. The van der Waals surface area contributed by atoms with Crippen LogP contribution in [0.25, 0.3) is 0 Å². The maximum atomic E-state index is 2.45. The predicted octanol–water partition coefficient (Wildman–Crippen LogP) is 3.71. The van der Waals surface area contributed by atoms with Gasteiger partial charge in [-0.15, -0.1) is 0 Å². The molecule has 0 aliphatic heterocycles. The zero-order valence-corrected chi connectivity index (χ0v) is 9.57. The van der Waals surface area contributed by atoms with Gasteiger partial charge in [-0.1, -0.05) is 0 Å². The molecule has 0 fully saturated rings. The molecule has 0 N–H and O–H groups in total. The molecule has 0 nitrogen and oxygen atoms in total. The molecule has 0 spiro atoms. The van der Waals surface area contributed by atoms with Crippen molar-refractivity contribution in [2.45, 2.75) is 55.7 Å². The van der Waals surface area contributed by atoms with E-state index >= 15 is 0 Å². The number of rotatable bonds is 6. The van der Waals surface area contributed by atoms with Crippen LogP contribution in [-0.2, 0) is 0 Å². The van der Waals surface area contributed by atoms with Crippen LogP contribution >= 0.6 is 0 Å². The van der Waals surface area contributed by atoms with E-state index in [1.165, 1.54) is 32.1 Å². The summed E-state index contributed by atoms with van der Waals surface area (Å²) in [5.74, 6) is 0. The van der Waals surface area contributed by atoms with Gasteiger partial charge >= 0.3 is 70.3 Å². The third kappa shape index (κ3) is 8.56. The van der Waals surface area contributed by atoms with Crippen LogP contribution < -0.4 is 0 Å². The molecule has 0 aromatic heterocycles. The molecule has 0 unspecified atom stereocenters. The quantitative estimate of drug-likeness (QED) is 0.457. The first kappa shape index (κ1) is 10.6. The van der Waals surface area contributed by atoms with Gasteiger partial charge in [0.25, 0.3) is 0 Å². The van der Waals surface area contributed by atoms with Crippen LogP contribution in [0.3, 0.4) is 0 Å². The van der Waals surface area contributed by atoms with Gasteiger partial charge in [-0.05, 0) is 0 Å². The van der Waals surface area contributed by atoms with Gasteiger partial charge in [0.15, 0.2) is 0 Å². The van der Waals surface area contributed by atoms with Crippen LogP contribution in [0.4, 0.5) is 0 Å². The van der Waals surface area contributed by atoms with Crippen molar-refractivity contribution in [1.29, 1.82) is 0 Å². The SMILES string of the molecule is CCCCCCC[As](C)C. The summed E-state index contributed by atoms with van der Waals surface area (Å²) < 4.78 is 0. The summed E-state index contributed by atoms with van der Waals surface area (Å²) >= 11 is -0.278. The summed E-state index contributed by atoms with van der Waals surface area (Å²) in [5.41, 5.74) is 4.90. The zero-order chi connectivity index (χ0) is 7.82. The Hall–Kier alpha value is 0.558. The van der Waals surface area contributed by atoms with E-state index in [1.807, 2.05) is 0 Å². The van der Waals surface area contributed by atoms with E-state index in [1.54, 1.807) is 5.21 Å². The molecule has 0 bridgehead atoms. The topological polar surface area (TPSA) is 0 Å². The van der Waals surface area contributed by atoms with Gasteiger partial charge in [-0.2, -0.15) is 0 Å². The number of unbranched alkanes of at least 4 members (excludes halogenated alkanes) is 4. The minimum absolute atomic E-state index is 0.278. The van der Waals surface area contributed by atoms with Crippen LogP contribution in [0.5, 0.6) is 0 Å². The number of hydrogen-bond donors (Lipinski definition) is 0. The molecule has 0 aromatic rings. The molecular weight excluding hydrogens is 183 g/mol. The first-order valence-electron chi connectivity index (χ1n) is 4.42. The van der Waals surface area contributed by atoms with Gasteiger partial charge in [-0.3, -0.25) is 0 Å². The first-order chi connectivity index (χ1) is 4.77. The molecule has 0 saturated heterocycles. The zero-order valence-electron chi connectivity index (χ0n) is 7.69. The van der Waals surface area contributed by atoms with Crippen LogP contribution in [0, 0.1) is 0 Å². The van der Waals surface area contributed by atoms with E-state index < -0.39 is 0 Å². The van der Waals surface area contributed by atoms with Crippen molar-refractivity contribution in [1.82, 2.24) is 0 Å². The van der Waals surface area contributed by atoms with Gasteiger partial charge in [0, 0.05) is 0 Å². The Kier molecular flexibility index (Phi) is 8.09. The average molecular weight is 204 g/mol. The van der Waals surface area contributed by atoms with E-state index in [-0.39, 0.29) is 14.7 Å². The predicted molar refractivity (Wildman–Crippen MR) is 51.0 cm³/mol. The second-order valence-corrected chi connectivity index (χ2v) is 8.69. The maximum absolute atomic E-state index is 2.45. The normalized spacial score (nSPS) is 10.8. The Labute approximate surface area is 70.7 Å². The van der Waals surface area contributed by atoms with Crippen LogP contribution in [0.15, 0.2) is 0 Å². The first-order valence-corrected chi connectivity index (χ1v) is 9.50. The molecule has 0 heterocycles. The summed E-state index contributed by atoms with van der Waals surface area (Å²) in [6.07, 6.45) is 7.28. The monoisotopic (exact) mass is 204 g/mol. The molecule has 0 aromatic carbocycles. The summed E-state index contributed by atoms with van der Waals surface area (Å²) in [5, 5.41) is 1.57. The average Bonchev–Trinajstić information content (AvgIpc) is 1.87. The summed E-state index contributed by atoms with van der Waals surface area (Å²) in [6, 6.07) is 0. The van der Waals surface area contributed by atoms with Gasteiger partial charge in [0.2, 0.25) is 0 Å². The molecule has 0 aliphatic rings. The van der Waals surface area contributed by atoms with Gasteiger partial charge < -0.3 is 0 Å². The van der Waals surface area contributed by atoms with Crippen LogP contribution in [-0.4, -0.2) is 14.7 Å². The van der Waals surface area contributed by atoms with Gasteiger partial charge in [0.05, 0.1) is 0 Å². The minimum atomic E-state index is -0.278. The fourth-order valence-corrected chi connectivity index (χ4v) is 2.83. The van der Waals surface area contributed by atoms with E-state index in [4.69, 9.17) is 0 Å². The summed E-state index contributed by atoms with van der Waals surface area (Å²) in [7, 11) is 0. The van der Waals surface area contributed by atoms with Crippen molar-refractivity contribution in [3.8, 4) is 0 Å². The summed E-state index contributed by atoms with van der Waals surface area (Å²) in [4.78, 5) is 0. The van der Waals surface area contributed by atoms with Crippen molar-refractivity contribution in [2.24, 2.45) is 0 Å². The summed E-state index contributed by atoms with van der Waals surface area (Å²) in [6.45, 7) is 2.28. The van der Waals surface area contributed by atoms with E-state index in [2.05, 4.69) is 18.3 Å². The van der Waals surface area contributed by atoms with Crippen LogP contribution in [0.1, 0.15) is 39.0 Å². The van der Waals surface area contributed by atoms with Crippen molar-refractivity contribution >= 4 is 14.7 Å². The number of hydrogen-bond acceptors (Lipinski definition) is 0. The third-order valence-electron chi connectivity index (χ3n) is 1.71. The Morgan fingerprint density at radius 3 is 2.00 bits per heavy atom.